The zero-order valence-electron chi connectivity index (χ0n) is 20.0. The average molecular weight is 527 g/mol. The summed E-state index contributed by atoms with van der Waals surface area (Å²) in [5, 5.41) is 16.7. The molecule has 35 heavy (non-hydrogen) atoms. The Kier molecular flexibility index (Phi) is 7.44. The monoisotopic (exact) mass is 526 g/mol. The third-order valence-corrected chi connectivity index (χ3v) is 9.20. The maximum atomic E-state index is 13.3. The van der Waals surface area contributed by atoms with Crippen LogP contribution in [-0.4, -0.2) is 74.2 Å². The van der Waals surface area contributed by atoms with Crippen molar-refractivity contribution >= 4 is 38.7 Å². The number of sulfonamides is 1. The van der Waals surface area contributed by atoms with Gasteiger partial charge in [0.1, 0.15) is 16.3 Å². The molecule has 0 bridgehead atoms. The zero-order chi connectivity index (χ0) is 25.5. The molecule has 4 rings (SSSR count). The van der Waals surface area contributed by atoms with Crippen molar-refractivity contribution in [3.8, 4) is 5.75 Å². The maximum absolute atomic E-state index is 13.3. The number of anilines is 3. The molecule has 2 heterocycles. The molecule has 2 aromatic carbocycles. The Balaban J connectivity index is 1.61. The number of nitrogens with zero attached hydrogens (tertiary/aromatic N) is 2. The van der Waals surface area contributed by atoms with E-state index in [0.717, 1.165) is 12.8 Å². The van der Waals surface area contributed by atoms with Crippen LogP contribution in [-0.2, 0) is 14.8 Å². The van der Waals surface area contributed by atoms with Crippen molar-refractivity contribution in [1.29, 1.82) is 0 Å². The van der Waals surface area contributed by atoms with Crippen LogP contribution in [0.3, 0.4) is 0 Å². The molecular formula is C23H31ClN4O6S. The number of nitrogens with one attached hydrogen (secondary N) is 2. The van der Waals surface area contributed by atoms with Crippen molar-refractivity contribution < 1.29 is 18.3 Å². The summed E-state index contributed by atoms with van der Waals surface area (Å²) in [5.41, 5.74) is -1.38. The molecule has 0 spiro atoms. The van der Waals surface area contributed by atoms with Crippen LogP contribution in [0.2, 0.25) is 5.02 Å². The zero-order valence-corrected chi connectivity index (χ0v) is 21.6. The van der Waals surface area contributed by atoms with E-state index in [4.69, 9.17) is 16.3 Å². The van der Waals surface area contributed by atoms with Gasteiger partial charge in [-0.15, -0.1) is 0 Å². The van der Waals surface area contributed by atoms with Gasteiger partial charge in [0.2, 0.25) is 10.0 Å². The SMILES string of the molecule is CCC(Nc1c(Nc2ccc(Cl)c(S(=O)(=O)N3CCN(C)CC3)c2O)c(=O)c1=O)[C@H]1CC[C@@H](C)O1. The van der Waals surface area contributed by atoms with E-state index in [0.29, 0.717) is 19.5 Å². The number of rotatable bonds is 8. The standard InChI is InChI=1S/C23H31ClN4O6S/c1-4-15(17-8-5-13(2)34-17)25-18-19(22(31)21(18)30)26-16-7-6-14(24)23(20(16)29)35(32,33)28-11-9-27(3)10-12-28/h6-7,13,15,17,25-26,29H,4-5,8-12H2,1-3H3/t13-,15?,17-/m1/s1. The molecule has 3 N–H and O–H groups in total. The Morgan fingerprint density at radius 3 is 2.40 bits per heavy atom. The normalized spacial score (nSPS) is 23.0. The maximum Gasteiger partial charge on any atom is 0.253 e. The molecule has 1 unspecified atom stereocenters. The van der Waals surface area contributed by atoms with Gasteiger partial charge in [-0.3, -0.25) is 9.59 Å². The predicted octanol–water partition coefficient (Wildman–Crippen LogP) is 2.08. The lowest BCUT2D eigenvalue weighted by molar-refractivity contribution is 0.0438. The number of likely N-dealkylation sites (N-methyl/N-ethyl adjacent to an activating group) is 1. The molecule has 192 valence electrons. The summed E-state index contributed by atoms with van der Waals surface area (Å²) in [6.45, 7) is 5.58. The predicted molar refractivity (Wildman–Crippen MR) is 135 cm³/mol. The first-order valence-electron chi connectivity index (χ1n) is 11.8. The van der Waals surface area contributed by atoms with Gasteiger partial charge in [-0.05, 0) is 45.4 Å². The molecule has 0 amide bonds. The van der Waals surface area contributed by atoms with Crippen LogP contribution >= 0.6 is 11.6 Å². The fraction of sp³-hybridized carbons (Fsp3) is 0.565. The van der Waals surface area contributed by atoms with E-state index in [2.05, 4.69) is 10.6 Å². The Hall–Kier alpha value is -2.18. The van der Waals surface area contributed by atoms with Crippen LogP contribution in [0.1, 0.15) is 33.1 Å². The number of benzene rings is 1. The van der Waals surface area contributed by atoms with E-state index in [1.165, 1.54) is 16.4 Å². The second kappa shape index (κ2) is 10.1. The summed E-state index contributed by atoms with van der Waals surface area (Å²) in [4.78, 5) is 26.3. The lowest BCUT2D eigenvalue weighted by Crippen LogP contribution is -2.47. The number of phenolic OH excluding ortho intramolecular Hbond substituents is 1. The van der Waals surface area contributed by atoms with Crippen molar-refractivity contribution in [3.05, 3.63) is 37.6 Å². The van der Waals surface area contributed by atoms with Gasteiger partial charge in [0, 0.05) is 26.2 Å². The number of hydrogen-bond donors (Lipinski definition) is 3. The molecule has 0 aromatic heterocycles. The Labute approximate surface area is 209 Å². The highest BCUT2D eigenvalue weighted by Gasteiger charge is 2.35. The topological polar surface area (TPSA) is 128 Å². The minimum Gasteiger partial charge on any atom is -0.504 e. The van der Waals surface area contributed by atoms with Crippen molar-refractivity contribution in [3.63, 3.8) is 0 Å². The molecule has 0 radical (unpaired) electrons. The van der Waals surface area contributed by atoms with Crippen molar-refractivity contribution in [1.82, 2.24) is 9.21 Å². The summed E-state index contributed by atoms with van der Waals surface area (Å²) in [7, 11) is -2.19. The first-order chi connectivity index (χ1) is 16.5. The summed E-state index contributed by atoms with van der Waals surface area (Å²) in [6.07, 6.45) is 2.48. The summed E-state index contributed by atoms with van der Waals surface area (Å²) >= 11 is 6.21. The fourth-order valence-corrected chi connectivity index (χ4v) is 6.62. The Morgan fingerprint density at radius 2 is 1.80 bits per heavy atom. The summed E-state index contributed by atoms with van der Waals surface area (Å²) < 4.78 is 33.7. The van der Waals surface area contributed by atoms with Crippen LogP contribution in [0, 0.1) is 0 Å². The van der Waals surface area contributed by atoms with Gasteiger partial charge in [-0.1, -0.05) is 18.5 Å². The second-order valence-corrected chi connectivity index (χ2v) is 11.5. The smallest absolute Gasteiger partial charge is 0.253 e. The van der Waals surface area contributed by atoms with Crippen LogP contribution in [0.4, 0.5) is 17.1 Å². The third kappa shape index (κ3) is 4.92. The highest BCUT2D eigenvalue weighted by Crippen LogP contribution is 2.40. The average Bonchev–Trinajstić information content (AvgIpc) is 3.25. The molecule has 2 aromatic rings. The van der Waals surface area contributed by atoms with Crippen LogP contribution < -0.4 is 21.5 Å². The van der Waals surface area contributed by atoms with Gasteiger partial charge in [-0.2, -0.15) is 4.31 Å². The van der Waals surface area contributed by atoms with Gasteiger partial charge in [0.15, 0.2) is 5.75 Å². The molecule has 3 atom stereocenters. The number of halogens is 1. The minimum atomic E-state index is -4.09. The third-order valence-electron chi connectivity index (χ3n) is 6.80. The van der Waals surface area contributed by atoms with Crippen LogP contribution in [0.5, 0.6) is 5.75 Å². The number of ether oxygens (including phenoxy) is 1. The van der Waals surface area contributed by atoms with E-state index in [1.807, 2.05) is 25.8 Å². The molecule has 0 aliphatic carbocycles. The number of aromatic hydroxyl groups is 1. The quantitative estimate of drug-likeness (QED) is 0.350. The first-order valence-corrected chi connectivity index (χ1v) is 13.6. The Morgan fingerprint density at radius 1 is 1.14 bits per heavy atom. The summed E-state index contributed by atoms with van der Waals surface area (Å²) in [5.74, 6) is -0.601. The Bertz CT molecular complexity index is 1270. The molecule has 12 heteroatoms. The molecule has 10 nitrogen and oxygen atoms in total. The first kappa shape index (κ1) is 25.9. The highest BCUT2D eigenvalue weighted by molar-refractivity contribution is 7.89. The van der Waals surface area contributed by atoms with Crippen molar-refractivity contribution in [2.75, 3.05) is 43.9 Å². The molecule has 2 aliphatic rings. The fourth-order valence-electron chi connectivity index (χ4n) is 4.61. The van der Waals surface area contributed by atoms with Crippen LogP contribution in [0.25, 0.3) is 0 Å². The van der Waals surface area contributed by atoms with E-state index in [9.17, 15) is 23.1 Å². The molecule has 2 aliphatic heterocycles. The van der Waals surface area contributed by atoms with Gasteiger partial charge in [-0.25, -0.2) is 8.42 Å². The van der Waals surface area contributed by atoms with Crippen molar-refractivity contribution in [2.45, 2.75) is 56.3 Å². The van der Waals surface area contributed by atoms with E-state index in [-0.39, 0.29) is 53.4 Å². The molecule has 2 saturated heterocycles. The second-order valence-electron chi connectivity index (χ2n) is 9.23. The minimum absolute atomic E-state index is 0.0277. The van der Waals surface area contributed by atoms with Gasteiger partial charge in [0.25, 0.3) is 10.9 Å². The van der Waals surface area contributed by atoms with Crippen molar-refractivity contribution in [2.24, 2.45) is 0 Å². The van der Waals surface area contributed by atoms with Gasteiger partial charge >= 0.3 is 0 Å². The van der Waals surface area contributed by atoms with Crippen LogP contribution in [0.15, 0.2) is 26.6 Å². The number of hydrogen-bond acceptors (Lipinski definition) is 9. The molecule has 0 saturated carbocycles. The lowest BCUT2D eigenvalue weighted by Gasteiger charge is -2.32. The lowest BCUT2D eigenvalue weighted by atomic mass is 10.0. The molecular weight excluding hydrogens is 496 g/mol. The number of phenols is 1. The van der Waals surface area contributed by atoms with E-state index < -0.39 is 31.5 Å². The molecule has 2 fully saturated rings. The highest BCUT2D eigenvalue weighted by atomic mass is 35.5. The van der Waals surface area contributed by atoms with Gasteiger partial charge < -0.3 is 25.4 Å². The van der Waals surface area contributed by atoms with E-state index >= 15 is 0 Å². The largest absolute Gasteiger partial charge is 0.504 e. The van der Waals surface area contributed by atoms with E-state index in [1.54, 1.807) is 0 Å². The van der Waals surface area contributed by atoms with Gasteiger partial charge in [0.05, 0.1) is 29.0 Å². The summed E-state index contributed by atoms with van der Waals surface area (Å²) in [6, 6.07) is 2.55. The number of piperazine rings is 1.